The molecule has 2 amide bonds. The van der Waals surface area contributed by atoms with Gasteiger partial charge in [0, 0.05) is 45.2 Å². The molecule has 0 radical (unpaired) electrons. The molecule has 0 aliphatic carbocycles. The zero-order valence-electron chi connectivity index (χ0n) is 39.6. The fraction of sp³-hybridized carbons (Fsp3) is 0.867. The highest BCUT2D eigenvalue weighted by Crippen LogP contribution is 2.83. The van der Waals surface area contributed by atoms with Crippen molar-refractivity contribution in [2.75, 3.05) is 71.0 Å². The van der Waals surface area contributed by atoms with E-state index in [1.165, 1.54) is 62.9 Å². The topological polar surface area (TPSA) is 250 Å². The molecule has 7 N–H and O–H groups in total. The number of nitrogens with two attached hydrogens (primary N) is 1. The number of hydrogen-bond donors (Lipinski definition) is 6. The Bertz CT molecular complexity index is 1320. The number of carboxylic acids is 3. The van der Waals surface area contributed by atoms with Crippen LogP contribution >= 0.6 is 64.8 Å². The standard InChI is InChI=1S/C43H79N3O13.C2H2S6/c44-38(43(54)55)20-17-18-25-45-40(49)24-27-56-29-31-58-33-34-59-32-30-57-28-26-46-39(48)23-22-36(42(52)53)35-37(47)19-15-13-11-9-7-5-3-1-2-4-6-8-10-12-14-16-21-41(50)51;1-3-5-2(6-4-1)7-8-2/h36,38H,1-35,44H2,(H,45,49)(H,46,48)(H,50,51)(H,52,53)(H,54,55);1H2/t36-,38+;/m1./s1. The normalized spacial score (nSPS) is 14.7. The SMILES string of the molecule is C1SSC2(SS1)SS2.N[C@@H](CCCCNC(=O)CCOCCOCCOCCOCCNC(=O)CC[C@H](CC(=O)CCCCCCCCCCCCCCCCCCC(=O)O)C(=O)O)C(=O)O. The quantitative estimate of drug-likeness (QED) is 0.0189. The molecule has 0 aromatic carbocycles. The summed E-state index contributed by atoms with van der Waals surface area (Å²) in [7, 11) is 12.0. The Morgan fingerprint density at radius 1 is 0.478 bits per heavy atom. The van der Waals surface area contributed by atoms with Crippen molar-refractivity contribution in [3.63, 3.8) is 0 Å². The van der Waals surface area contributed by atoms with Crippen LogP contribution in [-0.4, -0.2) is 131 Å². The summed E-state index contributed by atoms with van der Waals surface area (Å²) >= 11 is 0. The van der Waals surface area contributed by atoms with Crippen LogP contribution in [0.25, 0.3) is 0 Å². The molecule has 67 heavy (non-hydrogen) atoms. The van der Waals surface area contributed by atoms with Gasteiger partial charge in [-0.15, -0.1) is 0 Å². The lowest BCUT2D eigenvalue weighted by atomic mass is 9.94. The van der Waals surface area contributed by atoms with Gasteiger partial charge in [0.25, 0.3) is 0 Å². The largest absolute Gasteiger partial charge is 0.481 e. The first kappa shape index (κ1) is 63.9. The molecule has 2 fully saturated rings. The Morgan fingerprint density at radius 2 is 0.925 bits per heavy atom. The van der Waals surface area contributed by atoms with E-state index in [-0.39, 0.29) is 69.5 Å². The Labute approximate surface area is 423 Å². The Balaban J connectivity index is 0.00000248. The van der Waals surface area contributed by atoms with Gasteiger partial charge < -0.3 is 50.6 Å². The van der Waals surface area contributed by atoms with Gasteiger partial charge in [-0.05, 0) is 60.1 Å². The first-order chi connectivity index (χ1) is 32.4. The summed E-state index contributed by atoms with van der Waals surface area (Å²) in [5.74, 6) is -4.12. The monoisotopic (exact) mass is 1060 g/mol. The van der Waals surface area contributed by atoms with E-state index in [1.807, 2.05) is 64.8 Å². The Morgan fingerprint density at radius 3 is 1.39 bits per heavy atom. The maximum atomic E-state index is 12.4. The maximum Gasteiger partial charge on any atom is 0.320 e. The van der Waals surface area contributed by atoms with Gasteiger partial charge in [-0.2, -0.15) is 0 Å². The van der Waals surface area contributed by atoms with Crippen LogP contribution in [0.4, 0.5) is 0 Å². The Kier molecular flexibility index (Phi) is 42.8. The van der Waals surface area contributed by atoms with Crippen LogP contribution in [0.2, 0.25) is 0 Å². The van der Waals surface area contributed by atoms with Crippen molar-refractivity contribution < 1.29 is 63.0 Å². The van der Waals surface area contributed by atoms with Crippen molar-refractivity contribution in [3.05, 3.63) is 0 Å². The van der Waals surface area contributed by atoms with Crippen LogP contribution in [-0.2, 0) is 47.7 Å². The number of nitrogens with one attached hydrogen (secondary N) is 2. The van der Waals surface area contributed by atoms with Crippen molar-refractivity contribution in [1.82, 2.24) is 10.6 Å². The summed E-state index contributed by atoms with van der Waals surface area (Å²) in [4.78, 5) is 69.3. The smallest absolute Gasteiger partial charge is 0.320 e. The van der Waals surface area contributed by atoms with Crippen LogP contribution in [0, 0.1) is 5.92 Å². The molecule has 2 heterocycles. The molecule has 2 aliphatic heterocycles. The molecule has 0 bridgehead atoms. The van der Waals surface area contributed by atoms with Crippen molar-refractivity contribution >= 4 is 100 Å². The van der Waals surface area contributed by atoms with Crippen LogP contribution in [0.1, 0.15) is 161 Å². The van der Waals surface area contributed by atoms with Crippen LogP contribution < -0.4 is 16.4 Å². The second-order valence-electron chi connectivity index (χ2n) is 16.4. The molecule has 22 heteroatoms. The van der Waals surface area contributed by atoms with Gasteiger partial charge in [-0.25, -0.2) is 0 Å². The van der Waals surface area contributed by atoms with Crippen molar-refractivity contribution in [2.24, 2.45) is 11.7 Å². The molecule has 16 nitrogen and oxygen atoms in total. The van der Waals surface area contributed by atoms with Crippen LogP contribution in [0.5, 0.6) is 0 Å². The predicted octanol–water partition coefficient (Wildman–Crippen LogP) is 9.53. The predicted molar refractivity (Wildman–Crippen MR) is 277 cm³/mol. The lowest BCUT2D eigenvalue weighted by molar-refractivity contribution is -0.144. The van der Waals surface area contributed by atoms with E-state index < -0.39 is 29.9 Å². The molecule has 2 rings (SSSR count). The highest BCUT2D eigenvalue weighted by Gasteiger charge is 2.50. The average molecular weight is 1060 g/mol. The third-order valence-corrected chi connectivity index (χ3v) is 23.5. The number of rotatable bonds is 46. The van der Waals surface area contributed by atoms with Crippen molar-refractivity contribution in [2.45, 2.75) is 169 Å². The summed E-state index contributed by atoms with van der Waals surface area (Å²) < 4.78 is 22.2. The molecule has 2 saturated heterocycles. The zero-order valence-corrected chi connectivity index (χ0v) is 44.5. The number of Topliss-reactive ketones (excluding diaryl/α,β-unsaturated/α-hetero) is 1. The first-order valence-electron chi connectivity index (χ1n) is 24.2. The number of carboxylic acid groups (broad SMARTS) is 3. The minimum absolute atomic E-state index is 0.0282. The first-order valence-corrected chi connectivity index (χ1v) is 31.0. The Hall–Kier alpha value is -1.08. The molecular formula is C45H81N3O13S6. The second-order valence-corrected chi connectivity index (χ2v) is 25.9. The fourth-order valence-electron chi connectivity index (χ4n) is 6.59. The number of amides is 2. The van der Waals surface area contributed by atoms with Gasteiger partial charge in [0.1, 0.15) is 11.8 Å². The molecule has 1 spiro atoms. The van der Waals surface area contributed by atoms with Crippen LogP contribution in [0.3, 0.4) is 0 Å². The van der Waals surface area contributed by atoms with E-state index in [2.05, 4.69) is 10.6 Å². The van der Waals surface area contributed by atoms with E-state index in [0.717, 1.165) is 44.9 Å². The van der Waals surface area contributed by atoms with Gasteiger partial charge in [-0.1, -0.05) is 133 Å². The van der Waals surface area contributed by atoms with Gasteiger partial charge in [0.05, 0.1) is 63.9 Å². The fourth-order valence-corrected chi connectivity index (χ4v) is 19.6. The minimum atomic E-state index is -1.05. The van der Waals surface area contributed by atoms with Crippen molar-refractivity contribution in [1.29, 1.82) is 0 Å². The van der Waals surface area contributed by atoms with Crippen LogP contribution in [0.15, 0.2) is 0 Å². The zero-order chi connectivity index (χ0) is 49.1. The number of hydrogen-bond acceptors (Lipinski definition) is 17. The molecule has 2 aliphatic rings. The summed E-state index contributed by atoms with van der Waals surface area (Å²) in [6, 6.07) is -0.871. The maximum absolute atomic E-state index is 12.4. The highest BCUT2D eigenvalue weighted by atomic mass is 33.2. The van der Waals surface area contributed by atoms with E-state index in [9.17, 15) is 33.9 Å². The third-order valence-electron chi connectivity index (χ3n) is 10.5. The molecule has 0 unspecified atom stereocenters. The lowest BCUT2D eigenvalue weighted by Gasteiger charge is -2.13. The van der Waals surface area contributed by atoms with E-state index in [1.54, 1.807) is 0 Å². The number of ketones is 1. The molecule has 2 atom stereocenters. The highest BCUT2D eigenvalue weighted by molar-refractivity contribution is 9.14. The van der Waals surface area contributed by atoms with Crippen molar-refractivity contribution in [3.8, 4) is 0 Å². The van der Waals surface area contributed by atoms with E-state index in [0.29, 0.717) is 74.6 Å². The summed E-state index contributed by atoms with van der Waals surface area (Å²) in [5, 5.41) is 33.7. The molecule has 0 saturated carbocycles. The number of unbranched alkanes of at least 4 members (excludes halogenated alkanes) is 16. The number of carbonyl (C=O) groups is 6. The number of carbonyl (C=O) groups excluding carboxylic acids is 3. The second kappa shape index (κ2) is 44.8. The molecule has 0 aromatic heterocycles. The van der Waals surface area contributed by atoms with Gasteiger partial charge in [0.15, 0.2) is 2.74 Å². The van der Waals surface area contributed by atoms with E-state index in [4.69, 9.17) is 34.9 Å². The minimum Gasteiger partial charge on any atom is -0.481 e. The average Bonchev–Trinajstić information content (AvgIpc) is 4.05. The van der Waals surface area contributed by atoms with Gasteiger partial charge in [0.2, 0.25) is 11.8 Å². The lowest BCUT2D eigenvalue weighted by Crippen LogP contribution is -2.30. The molecule has 390 valence electrons. The number of aliphatic carboxylic acids is 3. The van der Waals surface area contributed by atoms with Gasteiger partial charge >= 0.3 is 17.9 Å². The molecule has 0 aromatic rings. The number of ether oxygens (including phenoxy) is 4. The summed E-state index contributed by atoms with van der Waals surface area (Å²) in [6.45, 7) is 3.44. The summed E-state index contributed by atoms with van der Waals surface area (Å²) in [5.41, 5.74) is 5.44. The van der Waals surface area contributed by atoms with E-state index >= 15 is 0 Å². The summed E-state index contributed by atoms with van der Waals surface area (Å²) in [6.07, 6.45) is 20.8. The van der Waals surface area contributed by atoms with Gasteiger partial charge in [-0.3, -0.25) is 28.8 Å². The third kappa shape index (κ3) is 42.3. The molecular weight excluding hydrogens is 983 g/mol.